The topological polar surface area (TPSA) is 89.5 Å². The molecule has 6 nitrogen and oxygen atoms in total. The van der Waals surface area contributed by atoms with Gasteiger partial charge in [-0.05, 0) is 88.9 Å². The third kappa shape index (κ3) is 6.80. The maximum Gasteiger partial charge on any atom is 0.235 e. The van der Waals surface area contributed by atoms with Crippen molar-refractivity contribution in [3.05, 3.63) is 86.0 Å². The van der Waals surface area contributed by atoms with E-state index in [1.54, 1.807) is 44.2 Å². The fourth-order valence-electron chi connectivity index (χ4n) is 3.83. The molecule has 0 unspecified atom stereocenters. The number of anilines is 1. The molecule has 1 aliphatic carbocycles. The van der Waals surface area contributed by atoms with Crippen LogP contribution in [0.4, 0.5) is 14.5 Å². The standard InChI is InChI=1S/C26H26F2INO5S2/c1-3-36(31,32)15-18-5-4-6-24(16(18)2)35-25-13-20(27)12-19(11-17-7-8-21(29)14-23(17)28)26(25)30-37(33,34)22-9-10-22/h4-8,12-14,22,30H,3,9-11,15H2,1-2H3. The van der Waals surface area contributed by atoms with Gasteiger partial charge in [0, 0.05) is 21.8 Å². The minimum absolute atomic E-state index is 0.0209. The molecule has 0 atom stereocenters. The van der Waals surface area contributed by atoms with Crippen LogP contribution in [0.3, 0.4) is 0 Å². The Kier molecular flexibility index (Phi) is 8.15. The highest BCUT2D eigenvalue weighted by molar-refractivity contribution is 14.1. The van der Waals surface area contributed by atoms with E-state index in [0.717, 1.165) is 12.1 Å². The summed E-state index contributed by atoms with van der Waals surface area (Å²) in [6.07, 6.45) is 0.953. The Hall–Kier alpha value is -2.25. The third-order valence-corrected chi connectivity index (χ3v) is 10.3. The van der Waals surface area contributed by atoms with Gasteiger partial charge in [-0.15, -0.1) is 0 Å². The van der Waals surface area contributed by atoms with Gasteiger partial charge in [0.1, 0.15) is 17.4 Å². The van der Waals surface area contributed by atoms with E-state index in [2.05, 4.69) is 4.72 Å². The van der Waals surface area contributed by atoms with Gasteiger partial charge in [-0.1, -0.05) is 25.1 Å². The maximum absolute atomic E-state index is 14.8. The summed E-state index contributed by atoms with van der Waals surface area (Å²) in [4.78, 5) is 0. The SMILES string of the molecule is CCS(=O)(=O)Cc1cccc(Oc2cc(F)cc(Cc3ccc(I)cc3F)c2NS(=O)(=O)C2CC2)c1C. The number of halogens is 3. The molecule has 0 bridgehead atoms. The van der Waals surface area contributed by atoms with E-state index in [1.165, 1.54) is 6.07 Å². The molecule has 37 heavy (non-hydrogen) atoms. The minimum Gasteiger partial charge on any atom is -0.455 e. The second-order valence-corrected chi connectivity index (χ2v) is 14.6. The lowest BCUT2D eigenvalue weighted by Crippen LogP contribution is -2.19. The lowest BCUT2D eigenvalue weighted by molar-refractivity contribution is 0.474. The molecule has 0 radical (unpaired) electrons. The number of sulfone groups is 1. The monoisotopic (exact) mass is 661 g/mol. The van der Waals surface area contributed by atoms with Crippen molar-refractivity contribution in [1.29, 1.82) is 0 Å². The summed E-state index contributed by atoms with van der Waals surface area (Å²) in [6.45, 7) is 3.25. The molecule has 0 saturated heterocycles. The zero-order valence-corrected chi connectivity index (χ0v) is 24.0. The molecule has 1 N–H and O–H groups in total. The number of hydrogen-bond donors (Lipinski definition) is 1. The van der Waals surface area contributed by atoms with Crippen molar-refractivity contribution in [3.63, 3.8) is 0 Å². The fourth-order valence-corrected chi connectivity index (χ4v) is 6.71. The highest BCUT2D eigenvalue weighted by Gasteiger charge is 2.37. The van der Waals surface area contributed by atoms with Gasteiger partial charge < -0.3 is 4.74 Å². The predicted molar refractivity (Wildman–Crippen MR) is 148 cm³/mol. The molecule has 4 rings (SSSR count). The van der Waals surface area contributed by atoms with E-state index >= 15 is 0 Å². The summed E-state index contributed by atoms with van der Waals surface area (Å²) in [5.74, 6) is -1.22. The average Bonchev–Trinajstić information content (AvgIpc) is 3.67. The van der Waals surface area contributed by atoms with Crippen LogP contribution in [0, 0.1) is 22.1 Å². The molecule has 0 amide bonds. The molecule has 1 aliphatic rings. The zero-order valence-electron chi connectivity index (χ0n) is 20.2. The number of hydrogen-bond acceptors (Lipinski definition) is 5. The molecule has 0 aliphatic heterocycles. The summed E-state index contributed by atoms with van der Waals surface area (Å²) < 4.78 is 88.8. The maximum atomic E-state index is 14.8. The van der Waals surface area contributed by atoms with Gasteiger partial charge in [-0.3, -0.25) is 4.72 Å². The normalized spacial score (nSPS) is 14.0. The van der Waals surface area contributed by atoms with Crippen molar-refractivity contribution in [2.45, 2.75) is 44.1 Å². The van der Waals surface area contributed by atoms with Crippen LogP contribution in [0.1, 0.15) is 42.0 Å². The Morgan fingerprint density at radius 3 is 2.35 bits per heavy atom. The molecule has 198 valence electrons. The van der Waals surface area contributed by atoms with E-state index in [9.17, 15) is 25.6 Å². The second kappa shape index (κ2) is 10.9. The van der Waals surface area contributed by atoms with Gasteiger partial charge in [0.15, 0.2) is 15.6 Å². The first-order valence-corrected chi connectivity index (χ1v) is 16.1. The first-order chi connectivity index (χ1) is 17.4. The Morgan fingerprint density at radius 1 is 0.973 bits per heavy atom. The molecule has 1 fully saturated rings. The van der Waals surface area contributed by atoms with Crippen molar-refractivity contribution in [2.75, 3.05) is 10.5 Å². The second-order valence-electron chi connectivity index (χ2n) is 9.02. The Labute approximate surface area is 229 Å². The largest absolute Gasteiger partial charge is 0.455 e. The molecule has 0 spiro atoms. The molecule has 3 aromatic carbocycles. The minimum atomic E-state index is -3.77. The van der Waals surface area contributed by atoms with Crippen LogP contribution < -0.4 is 9.46 Å². The van der Waals surface area contributed by atoms with Crippen LogP contribution in [0.15, 0.2) is 48.5 Å². The molecule has 0 heterocycles. The number of nitrogens with one attached hydrogen (secondary N) is 1. The molecule has 3 aromatic rings. The molecule has 11 heteroatoms. The van der Waals surface area contributed by atoms with Gasteiger partial charge in [0.05, 0.1) is 16.7 Å². The van der Waals surface area contributed by atoms with E-state index in [4.69, 9.17) is 4.74 Å². The van der Waals surface area contributed by atoms with Gasteiger partial charge in [0.2, 0.25) is 10.0 Å². The summed E-state index contributed by atoms with van der Waals surface area (Å²) >= 11 is 1.98. The highest BCUT2D eigenvalue weighted by atomic mass is 127. The van der Waals surface area contributed by atoms with Crippen LogP contribution in [0.5, 0.6) is 11.5 Å². The quantitative estimate of drug-likeness (QED) is 0.266. The van der Waals surface area contributed by atoms with E-state index in [1.807, 2.05) is 22.6 Å². The van der Waals surface area contributed by atoms with Crippen molar-refractivity contribution < 1.29 is 30.4 Å². The highest BCUT2D eigenvalue weighted by Crippen LogP contribution is 2.40. The zero-order chi connectivity index (χ0) is 27.0. The van der Waals surface area contributed by atoms with Crippen molar-refractivity contribution in [1.82, 2.24) is 0 Å². The molecular weight excluding hydrogens is 635 g/mol. The summed E-state index contributed by atoms with van der Waals surface area (Å²) in [7, 11) is -7.09. The van der Waals surface area contributed by atoms with Crippen molar-refractivity contribution >= 4 is 48.1 Å². The van der Waals surface area contributed by atoms with Crippen LogP contribution in [0.2, 0.25) is 0 Å². The van der Waals surface area contributed by atoms with Crippen LogP contribution in [-0.4, -0.2) is 27.8 Å². The van der Waals surface area contributed by atoms with Gasteiger partial charge >= 0.3 is 0 Å². The summed E-state index contributed by atoms with van der Waals surface area (Å²) in [5.41, 5.74) is 1.56. The number of ether oxygens (including phenoxy) is 1. The van der Waals surface area contributed by atoms with Gasteiger partial charge in [-0.2, -0.15) is 0 Å². The van der Waals surface area contributed by atoms with Crippen LogP contribution in [0.25, 0.3) is 0 Å². The van der Waals surface area contributed by atoms with Gasteiger partial charge in [0.25, 0.3) is 0 Å². The number of benzene rings is 3. The lowest BCUT2D eigenvalue weighted by Gasteiger charge is -2.19. The molecule has 0 aromatic heterocycles. The average molecular weight is 662 g/mol. The van der Waals surface area contributed by atoms with Crippen LogP contribution in [-0.2, 0) is 32.0 Å². The van der Waals surface area contributed by atoms with E-state index in [0.29, 0.717) is 27.5 Å². The Balaban J connectivity index is 1.79. The summed E-state index contributed by atoms with van der Waals surface area (Å²) in [5, 5.41) is -0.558. The van der Waals surface area contributed by atoms with Crippen LogP contribution >= 0.6 is 22.6 Å². The number of sulfonamides is 1. The van der Waals surface area contributed by atoms with E-state index in [-0.39, 0.29) is 46.2 Å². The first-order valence-electron chi connectivity index (χ1n) is 11.6. The molecule has 1 saturated carbocycles. The first kappa shape index (κ1) is 27.8. The predicted octanol–water partition coefficient (Wildman–Crippen LogP) is 6.10. The third-order valence-electron chi connectivity index (χ3n) is 6.18. The summed E-state index contributed by atoms with van der Waals surface area (Å²) in [6, 6.07) is 11.7. The van der Waals surface area contributed by atoms with E-state index < -0.39 is 36.7 Å². The molecular formula is C26H26F2INO5S2. The smallest absolute Gasteiger partial charge is 0.235 e. The number of rotatable bonds is 10. The Morgan fingerprint density at radius 2 is 1.70 bits per heavy atom. The van der Waals surface area contributed by atoms with Crippen molar-refractivity contribution in [3.8, 4) is 11.5 Å². The Bertz CT molecular complexity index is 1560. The fraction of sp³-hybridized carbons (Fsp3) is 0.308. The van der Waals surface area contributed by atoms with Crippen molar-refractivity contribution in [2.24, 2.45) is 0 Å². The lowest BCUT2D eigenvalue weighted by atomic mass is 10.0. The van der Waals surface area contributed by atoms with Gasteiger partial charge in [-0.25, -0.2) is 25.6 Å².